The van der Waals surface area contributed by atoms with Crippen LogP contribution in [-0.4, -0.2) is 51.6 Å². The predicted octanol–water partition coefficient (Wildman–Crippen LogP) is 4.04. The van der Waals surface area contributed by atoms with Crippen molar-refractivity contribution in [2.45, 2.75) is 64.6 Å². The van der Waals surface area contributed by atoms with Crippen molar-refractivity contribution in [2.24, 2.45) is 16.3 Å². The molecule has 174 valence electrons. The molecule has 3 aliphatic rings. The maximum Gasteiger partial charge on any atom is 0.191 e. The number of rotatable bonds is 8. The zero-order valence-corrected chi connectivity index (χ0v) is 21.4. The molecule has 0 amide bonds. The van der Waals surface area contributed by atoms with Crippen molar-refractivity contribution in [2.75, 3.05) is 33.5 Å². The normalized spacial score (nSPS) is 26.2. The Bertz CT molecular complexity index is 752. The van der Waals surface area contributed by atoms with E-state index in [-0.39, 0.29) is 24.0 Å². The molecular weight excluding hydrogens is 505 g/mol. The van der Waals surface area contributed by atoms with Crippen molar-refractivity contribution in [3.8, 4) is 5.75 Å². The highest BCUT2D eigenvalue weighted by Crippen LogP contribution is 2.60. The number of halogens is 1. The monoisotopic (exact) mass is 543 g/mol. The molecule has 1 aromatic carbocycles. The summed E-state index contributed by atoms with van der Waals surface area (Å²) in [7, 11) is 1.85. The Labute approximate surface area is 203 Å². The second kappa shape index (κ2) is 11.2. The first-order valence-electron chi connectivity index (χ1n) is 11.6. The van der Waals surface area contributed by atoms with Gasteiger partial charge in [-0.1, -0.05) is 25.0 Å². The number of nitrogens with zero attached hydrogens (tertiary/aromatic N) is 1. The fraction of sp³-hybridized carbons (Fsp3) is 0.708. The third kappa shape index (κ3) is 5.14. The third-order valence-electron chi connectivity index (χ3n) is 7.16. The van der Waals surface area contributed by atoms with Gasteiger partial charge in [-0.15, -0.1) is 24.0 Å². The second-order valence-corrected chi connectivity index (χ2v) is 8.89. The largest absolute Gasteiger partial charge is 0.491 e. The van der Waals surface area contributed by atoms with Gasteiger partial charge in [-0.3, -0.25) is 4.99 Å². The fourth-order valence-electron chi connectivity index (χ4n) is 5.72. The van der Waals surface area contributed by atoms with Crippen LogP contribution in [0.2, 0.25) is 0 Å². The van der Waals surface area contributed by atoms with Crippen LogP contribution < -0.4 is 15.4 Å². The number of aryl methyl sites for hydroxylation is 1. The van der Waals surface area contributed by atoms with Gasteiger partial charge in [0.05, 0.1) is 12.7 Å². The summed E-state index contributed by atoms with van der Waals surface area (Å²) in [6.45, 7) is 7.55. The van der Waals surface area contributed by atoms with Crippen molar-refractivity contribution in [3.63, 3.8) is 0 Å². The molecule has 31 heavy (non-hydrogen) atoms. The van der Waals surface area contributed by atoms with Gasteiger partial charge in [0, 0.05) is 49.7 Å². The summed E-state index contributed by atoms with van der Waals surface area (Å²) in [6.07, 6.45) is 6.82. The van der Waals surface area contributed by atoms with Crippen LogP contribution in [0.3, 0.4) is 0 Å². The van der Waals surface area contributed by atoms with E-state index in [1.807, 2.05) is 14.0 Å². The van der Waals surface area contributed by atoms with Crippen LogP contribution >= 0.6 is 24.0 Å². The van der Waals surface area contributed by atoms with Gasteiger partial charge in [0.2, 0.25) is 0 Å². The zero-order chi connectivity index (χ0) is 21.0. The van der Waals surface area contributed by atoms with E-state index in [2.05, 4.69) is 40.7 Å². The molecule has 6 nitrogen and oxygen atoms in total. The molecule has 0 radical (unpaired) electrons. The van der Waals surface area contributed by atoms with E-state index in [0.29, 0.717) is 49.8 Å². The molecule has 2 saturated carbocycles. The molecule has 4 rings (SSSR count). The van der Waals surface area contributed by atoms with Crippen LogP contribution in [0.1, 0.15) is 50.2 Å². The number of benzene rings is 1. The standard InChI is InChI=1S/C24H37N3O3.HI/c1-4-28-13-14-29-20-15-17(2)7-8-18(20)16-26-23(25-3)27-21-19-9-12-30-22(19)24(21)10-5-6-11-24;/h7-8,15,19,21-22H,4-6,9-14,16H2,1-3H3,(H2,25,26,27);1H. The van der Waals surface area contributed by atoms with Crippen LogP contribution in [0.4, 0.5) is 0 Å². The van der Waals surface area contributed by atoms with Gasteiger partial charge in [-0.2, -0.15) is 0 Å². The lowest BCUT2D eigenvalue weighted by atomic mass is 9.54. The van der Waals surface area contributed by atoms with Crippen molar-refractivity contribution in [3.05, 3.63) is 29.3 Å². The molecule has 3 fully saturated rings. The van der Waals surface area contributed by atoms with E-state index in [9.17, 15) is 0 Å². The van der Waals surface area contributed by atoms with Gasteiger partial charge in [-0.05, 0) is 44.7 Å². The van der Waals surface area contributed by atoms with Gasteiger partial charge in [0.15, 0.2) is 5.96 Å². The van der Waals surface area contributed by atoms with Crippen molar-refractivity contribution < 1.29 is 14.2 Å². The molecule has 0 aromatic heterocycles. The van der Waals surface area contributed by atoms with Crippen molar-refractivity contribution in [1.82, 2.24) is 10.6 Å². The molecule has 2 aliphatic carbocycles. The maximum absolute atomic E-state index is 6.12. The minimum atomic E-state index is 0. The van der Waals surface area contributed by atoms with Crippen molar-refractivity contribution in [1.29, 1.82) is 0 Å². The Morgan fingerprint density at radius 1 is 1.26 bits per heavy atom. The summed E-state index contributed by atoms with van der Waals surface area (Å²) >= 11 is 0. The second-order valence-electron chi connectivity index (χ2n) is 8.89. The zero-order valence-electron chi connectivity index (χ0n) is 19.1. The lowest BCUT2D eigenvalue weighted by Gasteiger charge is -2.57. The van der Waals surface area contributed by atoms with Crippen LogP contribution in [-0.2, 0) is 16.0 Å². The SMILES string of the molecule is CCOCCOc1cc(C)ccc1CNC(=NC)NC1C2CCOC2C12CCCC2.I. The molecule has 1 aromatic rings. The first kappa shape index (κ1) is 24.6. The summed E-state index contributed by atoms with van der Waals surface area (Å²) < 4.78 is 17.5. The van der Waals surface area contributed by atoms with E-state index < -0.39 is 0 Å². The van der Waals surface area contributed by atoms with E-state index in [0.717, 1.165) is 30.3 Å². The third-order valence-corrected chi connectivity index (χ3v) is 7.16. The maximum atomic E-state index is 6.12. The number of hydrogen-bond donors (Lipinski definition) is 2. The van der Waals surface area contributed by atoms with Crippen LogP contribution in [0.15, 0.2) is 23.2 Å². The van der Waals surface area contributed by atoms with E-state index in [1.165, 1.54) is 31.2 Å². The molecule has 3 atom stereocenters. The summed E-state index contributed by atoms with van der Waals surface area (Å²) in [5.74, 6) is 2.41. The molecule has 1 spiro atoms. The van der Waals surface area contributed by atoms with Gasteiger partial charge >= 0.3 is 0 Å². The molecule has 1 saturated heterocycles. The predicted molar refractivity (Wildman–Crippen MR) is 134 cm³/mol. The number of nitrogens with one attached hydrogen (secondary N) is 2. The molecule has 7 heteroatoms. The minimum absolute atomic E-state index is 0. The highest BCUT2D eigenvalue weighted by molar-refractivity contribution is 14.0. The minimum Gasteiger partial charge on any atom is -0.491 e. The highest BCUT2D eigenvalue weighted by atomic mass is 127. The quantitative estimate of drug-likeness (QED) is 0.224. The Hall–Kier alpha value is -1.06. The molecule has 0 bridgehead atoms. The molecule has 1 aliphatic heterocycles. The van der Waals surface area contributed by atoms with Crippen LogP contribution in [0.5, 0.6) is 5.75 Å². The Balaban J connectivity index is 0.00000272. The molecule has 1 heterocycles. The Kier molecular flexibility index (Phi) is 8.87. The summed E-state index contributed by atoms with van der Waals surface area (Å²) in [6, 6.07) is 6.83. The summed E-state index contributed by atoms with van der Waals surface area (Å²) in [4.78, 5) is 4.52. The summed E-state index contributed by atoms with van der Waals surface area (Å²) in [5, 5.41) is 7.29. The Morgan fingerprint density at radius 2 is 2.06 bits per heavy atom. The van der Waals surface area contributed by atoms with Crippen LogP contribution in [0.25, 0.3) is 0 Å². The average Bonchev–Trinajstić information content (AvgIpc) is 3.41. The molecular formula is C24H38IN3O3. The first-order chi connectivity index (χ1) is 14.7. The Morgan fingerprint density at radius 3 is 2.81 bits per heavy atom. The summed E-state index contributed by atoms with van der Waals surface area (Å²) in [5.41, 5.74) is 2.64. The number of hydrogen-bond acceptors (Lipinski definition) is 4. The number of guanidine groups is 1. The van der Waals surface area contributed by atoms with Crippen LogP contribution in [0, 0.1) is 18.3 Å². The van der Waals surface area contributed by atoms with Crippen molar-refractivity contribution >= 4 is 29.9 Å². The van der Waals surface area contributed by atoms with Gasteiger partial charge < -0.3 is 24.8 Å². The number of fused-ring (bicyclic) bond motifs is 2. The average molecular weight is 543 g/mol. The molecule has 3 unspecified atom stereocenters. The van der Waals surface area contributed by atoms with Gasteiger partial charge in [0.1, 0.15) is 12.4 Å². The number of ether oxygens (including phenoxy) is 3. The van der Waals surface area contributed by atoms with E-state index >= 15 is 0 Å². The first-order valence-corrected chi connectivity index (χ1v) is 11.6. The lowest BCUT2D eigenvalue weighted by Crippen LogP contribution is -2.69. The van der Waals surface area contributed by atoms with E-state index in [1.54, 1.807) is 0 Å². The van der Waals surface area contributed by atoms with E-state index in [4.69, 9.17) is 14.2 Å². The van der Waals surface area contributed by atoms with Gasteiger partial charge in [0.25, 0.3) is 0 Å². The molecule has 2 N–H and O–H groups in total. The fourth-order valence-corrected chi connectivity index (χ4v) is 5.72. The highest BCUT2D eigenvalue weighted by Gasteiger charge is 2.65. The smallest absolute Gasteiger partial charge is 0.191 e. The lowest BCUT2D eigenvalue weighted by molar-refractivity contribution is -0.125. The number of aliphatic imine (C=N–C) groups is 1. The van der Waals surface area contributed by atoms with Gasteiger partial charge in [-0.25, -0.2) is 0 Å². The topological polar surface area (TPSA) is 64.1 Å².